The number of carbonyl (C=O) groups is 1. The number of hydrogen-bond donors (Lipinski definition) is 1. The van der Waals surface area contributed by atoms with Crippen molar-refractivity contribution >= 4 is 16.0 Å². The van der Waals surface area contributed by atoms with Crippen molar-refractivity contribution in [3.8, 4) is 0 Å². The third-order valence-corrected chi connectivity index (χ3v) is 5.72. The van der Waals surface area contributed by atoms with E-state index < -0.39 is 16.0 Å². The summed E-state index contributed by atoms with van der Waals surface area (Å²) in [5.74, 6) is -0.933. The Morgan fingerprint density at radius 2 is 2.24 bits per heavy atom. The molecule has 7 nitrogen and oxygen atoms in total. The Bertz CT molecular complexity index is 596. The first kappa shape index (κ1) is 16.0. The van der Waals surface area contributed by atoms with E-state index >= 15 is 0 Å². The molecule has 0 aliphatic carbocycles. The van der Waals surface area contributed by atoms with Gasteiger partial charge in [-0.15, -0.1) is 0 Å². The van der Waals surface area contributed by atoms with Crippen LogP contribution in [-0.4, -0.2) is 46.2 Å². The Hall–Kier alpha value is -1.41. The van der Waals surface area contributed by atoms with Gasteiger partial charge in [0.2, 0.25) is 10.0 Å². The fourth-order valence-electron chi connectivity index (χ4n) is 2.64. The number of aryl methyl sites for hydroxylation is 1. The summed E-state index contributed by atoms with van der Waals surface area (Å²) in [6.07, 6.45) is 6.26. The zero-order chi connectivity index (χ0) is 15.5. The molecule has 1 atom stereocenters. The van der Waals surface area contributed by atoms with Crippen molar-refractivity contribution in [3.05, 3.63) is 12.4 Å². The van der Waals surface area contributed by atoms with Crippen molar-refractivity contribution in [1.82, 2.24) is 14.1 Å². The zero-order valence-electron chi connectivity index (χ0n) is 12.1. The predicted octanol–water partition coefficient (Wildman–Crippen LogP) is 1.31. The summed E-state index contributed by atoms with van der Waals surface area (Å²) >= 11 is 0. The topological polar surface area (TPSA) is 92.5 Å². The molecule has 0 radical (unpaired) electrons. The molecule has 1 aliphatic rings. The van der Waals surface area contributed by atoms with E-state index in [4.69, 9.17) is 5.11 Å². The molecule has 1 fully saturated rings. The molecular formula is C13H21N3O4S. The van der Waals surface area contributed by atoms with Gasteiger partial charge in [-0.2, -0.15) is 9.40 Å². The molecular weight excluding hydrogens is 294 g/mol. The van der Waals surface area contributed by atoms with E-state index in [2.05, 4.69) is 5.10 Å². The second-order valence-electron chi connectivity index (χ2n) is 5.26. The minimum Gasteiger partial charge on any atom is -0.481 e. The van der Waals surface area contributed by atoms with Crippen LogP contribution in [0, 0.1) is 0 Å². The lowest BCUT2D eigenvalue weighted by Gasteiger charge is -2.33. The molecule has 1 unspecified atom stereocenters. The van der Waals surface area contributed by atoms with Gasteiger partial charge in [0, 0.05) is 18.8 Å². The van der Waals surface area contributed by atoms with Gasteiger partial charge in [0.15, 0.2) is 0 Å². The summed E-state index contributed by atoms with van der Waals surface area (Å²) < 4.78 is 28.3. The second-order valence-corrected chi connectivity index (χ2v) is 7.15. The van der Waals surface area contributed by atoms with Gasteiger partial charge < -0.3 is 5.11 Å². The third kappa shape index (κ3) is 3.62. The standard InChI is InChI=1S/C13H21N3O4S/c1-2-11-5-3-4-7-16(11)21(19,20)12-9-14-15(10-12)8-6-13(17)18/h9-11H,2-8H2,1H3,(H,17,18). The number of nitrogens with zero attached hydrogens (tertiary/aromatic N) is 3. The van der Waals surface area contributed by atoms with Crippen LogP contribution in [0.4, 0.5) is 0 Å². The molecule has 2 heterocycles. The van der Waals surface area contributed by atoms with E-state index in [1.165, 1.54) is 17.1 Å². The number of sulfonamides is 1. The molecule has 1 saturated heterocycles. The van der Waals surface area contributed by atoms with Crippen LogP contribution >= 0.6 is 0 Å². The van der Waals surface area contributed by atoms with Crippen LogP contribution in [0.1, 0.15) is 39.0 Å². The first-order valence-corrected chi connectivity index (χ1v) is 8.65. The number of carboxylic acid groups (broad SMARTS) is 1. The molecule has 1 aliphatic heterocycles. The van der Waals surface area contributed by atoms with Crippen LogP contribution in [-0.2, 0) is 21.4 Å². The predicted molar refractivity (Wildman–Crippen MR) is 76.3 cm³/mol. The van der Waals surface area contributed by atoms with Crippen molar-refractivity contribution in [3.63, 3.8) is 0 Å². The highest BCUT2D eigenvalue weighted by atomic mass is 32.2. The molecule has 1 aromatic heterocycles. The largest absolute Gasteiger partial charge is 0.481 e. The Labute approximate surface area is 124 Å². The van der Waals surface area contributed by atoms with E-state index in [1.807, 2.05) is 6.92 Å². The maximum Gasteiger partial charge on any atom is 0.305 e. The molecule has 8 heteroatoms. The van der Waals surface area contributed by atoms with Crippen LogP contribution < -0.4 is 0 Å². The van der Waals surface area contributed by atoms with Crippen molar-refractivity contribution in [1.29, 1.82) is 0 Å². The highest BCUT2D eigenvalue weighted by molar-refractivity contribution is 7.89. The van der Waals surface area contributed by atoms with Crippen LogP contribution in [0.2, 0.25) is 0 Å². The van der Waals surface area contributed by atoms with Crippen molar-refractivity contribution in [2.75, 3.05) is 6.54 Å². The molecule has 1 aromatic rings. The zero-order valence-corrected chi connectivity index (χ0v) is 12.9. The van der Waals surface area contributed by atoms with Crippen LogP contribution in [0.5, 0.6) is 0 Å². The molecule has 0 spiro atoms. The summed E-state index contributed by atoms with van der Waals surface area (Å²) in [5.41, 5.74) is 0. The van der Waals surface area contributed by atoms with Gasteiger partial charge in [-0.3, -0.25) is 9.48 Å². The lowest BCUT2D eigenvalue weighted by molar-refractivity contribution is -0.137. The van der Waals surface area contributed by atoms with Gasteiger partial charge in [0.25, 0.3) is 0 Å². The van der Waals surface area contributed by atoms with Gasteiger partial charge in [-0.1, -0.05) is 13.3 Å². The second kappa shape index (κ2) is 6.57. The Balaban J connectivity index is 2.17. The third-order valence-electron chi connectivity index (χ3n) is 3.82. The van der Waals surface area contributed by atoms with Crippen molar-refractivity contribution in [2.24, 2.45) is 0 Å². The lowest BCUT2D eigenvalue weighted by atomic mass is 10.0. The fourth-order valence-corrected chi connectivity index (χ4v) is 4.37. The molecule has 2 rings (SSSR count). The number of hydrogen-bond acceptors (Lipinski definition) is 4. The summed E-state index contributed by atoms with van der Waals surface area (Å²) in [7, 11) is -3.54. The number of aliphatic carboxylic acids is 1. The van der Waals surface area contributed by atoms with E-state index in [1.54, 1.807) is 4.31 Å². The maximum absolute atomic E-state index is 12.7. The molecule has 0 saturated carbocycles. The van der Waals surface area contributed by atoms with Gasteiger partial charge >= 0.3 is 5.97 Å². The molecule has 1 N–H and O–H groups in total. The first-order valence-electron chi connectivity index (χ1n) is 7.21. The summed E-state index contributed by atoms with van der Waals surface area (Å²) in [5, 5.41) is 12.6. The molecule has 118 valence electrons. The number of piperidine rings is 1. The monoisotopic (exact) mass is 315 g/mol. The summed E-state index contributed by atoms with van der Waals surface area (Å²) in [6, 6.07) is 0.0473. The maximum atomic E-state index is 12.7. The number of carboxylic acids is 1. The lowest BCUT2D eigenvalue weighted by Crippen LogP contribution is -2.43. The van der Waals surface area contributed by atoms with Gasteiger partial charge in [-0.05, 0) is 19.3 Å². The average molecular weight is 315 g/mol. The van der Waals surface area contributed by atoms with Crippen molar-refractivity contribution in [2.45, 2.75) is 56.5 Å². The van der Waals surface area contributed by atoms with E-state index in [-0.39, 0.29) is 23.9 Å². The van der Waals surface area contributed by atoms with Gasteiger partial charge in [0.05, 0.1) is 19.2 Å². The molecule has 0 aromatic carbocycles. The molecule has 21 heavy (non-hydrogen) atoms. The van der Waals surface area contributed by atoms with E-state index in [0.717, 1.165) is 25.7 Å². The number of rotatable bonds is 6. The normalized spacial score (nSPS) is 20.5. The minimum atomic E-state index is -3.54. The Morgan fingerprint density at radius 3 is 2.90 bits per heavy atom. The minimum absolute atomic E-state index is 0.0473. The highest BCUT2D eigenvalue weighted by Gasteiger charge is 2.33. The van der Waals surface area contributed by atoms with Crippen LogP contribution in [0.25, 0.3) is 0 Å². The Morgan fingerprint density at radius 1 is 1.48 bits per heavy atom. The molecule has 0 amide bonds. The first-order chi connectivity index (χ1) is 9.95. The van der Waals surface area contributed by atoms with Gasteiger partial charge in [0.1, 0.15) is 4.90 Å². The Kier molecular flexibility index (Phi) is 5.00. The number of aromatic nitrogens is 2. The quantitative estimate of drug-likeness (QED) is 0.854. The fraction of sp³-hybridized carbons (Fsp3) is 0.692. The smallest absolute Gasteiger partial charge is 0.305 e. The average Bonchev–Trinajstić information content (AvgIpc) is 2.94. The van der Waals surface area contributed by atoms with E-state index in [9.17, 15) is 13.2 Å². The van der Waals surface area contributed by atoms with Crippen LogP contribution in [0.15, 0.2) is 17.3 Å². The molecule has 0 bridgehead atoms. The van der Waals surface area contributed by atoms with Crippen LogP contribution in [0.3, 0.4) is 0 Å². The van der Waals surface area contributed by atoms with Gasteiger partial charge in [-0.25, -0.2) is 8.42 Å². The summed E-state index contributed by atoms with van der Waals surface area (Å²) in [4.78, 5) is 10.7. The summed E-state index contributed by atoms with van der Waals surface area (Å²) in [6.45, 7) is 2.71. The van der Waals surface area contributed by atoms with Crippen molar-refractivity contribution < 1.29 is 18.3 Å². The SMILES string of the molecule is CCC1CCCCN1S(=O)(=O)c1cnn(CCC(=O)O)c1. The highest BCUT2D eigenvalue weighted by Crippen LogP contribution is 2.26. The van der Waals surface area contributed by atoms with E-state index in [0.29, 0.717) is 6.54 Å².